The molecule has 1 aromatic carbocycles. The van der Waals surface area contributed by atoms with Crippen molar-refractivity contribution in [3.05, 3.63) is 34.4 Å². The zero-order valence-electron chi connectivity index (χ0n) is 9.67. The van der Waals surface area contributed by atoms with Gasteiger partial charge in [0, 0.05) is 0 Å². The molecule has 0 spiro atoms. The zero-order valence-corrected chi connectivity index (χ0v) is 9.67. The van der Waals surface area contributed by atoms with Crippen LogP contribution in [-0.4, -0.2) is 6.54 Å². The lowest BCUT2D eigenvalue weighted by Crippen LogP contribution is -2.06. The van der Waals surface area contributed by atoms with Crippen LogP contribution in [0.4, 0.5) is 0 Å². The summed E-state index contributed by atoms with van der Waals surface area (Å²) in [5.74, 6) is 0.432. The molecular formula is C13H18N2. The first-order valence-corrected chi connectivity index (χ1v) is 5.31. The first kappa shape index (κ1) is 11.7. The molecule has 80 valence electrons. The van der Waals surface area contributed by atoms with Crippen molar-refractivity contribution in [2.24, 2.45) is 5.73 Å². The van der Waals surface area contributed by atoms with E-state index in [4.69, 9.17) is 11.0 Å². The number of rotatable bonds is 3. The minimum atomic E-state index is 0.432. The average Bonchev–Trinajstić information content (AvgIpc) is 2.22. The van der Waals surface area contributed by atoms with Crippen LogP contribution in [0, 0.1) is 25.2 Å². The summed E-state index contributed by atoms with van der Waals surface area (Å²) in [5.41, 5.74) is 10.0. The van der Waals surface area contributed by atoms with Crippen LogP contribution in [0.5, 0.6) is 0 Å². The molecule has 1 aromatic rings. The number of aryl methyl sites for hydroxylation is 1. The highest BCUT2D eigenvalue weighted by atomic mass is 14.5. The predicted octanol–water partition coefficient (Wildman–Crippen LogP) is 2.63. The second kappa shape index (κ2) is 4.95. The fourth-order valence-corrected chi connectivity index (χ4v) is 1.87. The van der Waals surface area contributed by atoms with E-state index in [0.29, 0.717) is 12.5 Å². The monoisotopic (exact) mass is 202 g/mol. The lowest BCUT2D eigenvalue weighted by atomic mass is 9.90. The summed E-state index contributed by atoms with van der Waals surface area (Å²) < 4.78 is 0. The second-order valence-electron chi connectivity index (χ2n) is 4.10. The maximum atomic E-state index is 8.91. The third kappa shape index (κ3) is 2.57. The fraction of sp³-hybridized carbons (Fsp3) is 0.462. The van der Waals surface area contributed by atoms with Crippen molar-refractivity contribution < 1.29 is 0 Å². The van der Waals surface area contributed by atoms with E-state index in [9.17, 15) is 0 Å². The number of benzene rings is 1. The van der Waals surface area contributed by atoms with Crippen molar-refractivity contribution in [2.45, 2.75) is 33.1 Å². The number of nitrogens with two attached hydrogens (primary N) is 1. The van der Waals surface area contributed by atoms with Crippen LogP contribution in [0.25, 0.3) is 0 Å². The van der Waals surface area contributed by atoms with Gasteiger partial charge in [-0.2, -0.15) is 5.26 Å². The van der Waals surface area contributed by atoms with Crippen LogP contribution in [0.2, 0.25) is 0 Å². The number of hydrogen-bond donors (Lipinski definition) is 1. The predicted molar refractivity (Wildman–Crippen MR) is 62.7 cm³/mol. The van der Waals surface area contributed by atoms with Crippen molar-refractivity contribution in [2.75, 3.05) is 6.54 Å². The Hall–Kier alpha value is -1.33. The third-order valence-corrected chi connectivity index (χ3v) is 2.97. The van der Waals surface area contributed by atoms with Gasteiger partial charge < -0.3 is 5.73 Å². The first-order chi connectivity index (χ1) is 7.10. The second-order valence-corrected chi connectivity index (χ2v) is 4.10. The molecule has 15 heavy (non-hydrogen) atoms. The van der Waals surface area contributed by atoms with Crippen LogP contribution in [0.3, 0.4) is 0 Å². The lowest BCUT2D eigenvalue weighted by Gasteiger charge is -2.16. The standard InChI is InChI=1S/C13H18N2/c1-9(4-5-14)13-7-12(8-15)6-10(2)11(13)3/h6-7,9H,4-5,14H2,1-3H3. The smallest absolute Gasteiger partial charge is 0.0991 e. The number of nitrogens with zero attached hydrogens (tertiary/aromatic N) is 1. The molecule has 1 atom stereocenters. The van der Waals surface area contributed by atoms with Gasteiger partial charge in [0.25, 0.3) is 0 Å². The van der Waals surface area contributed by atoms with E-state index in [1.54, 1.807) is 0 Å². The normalized spacial score (nSPS) is 12.2. The minimum absolute atomic E-state index is 0.432. The molecule has 0 saturated heterocycles. The molecule has 0 saturated carbocycles. The summed E-state index contributed by atoms with van der Waals surface area (Å²) in [5, 5.41) is 8.91. The molecular weight excluding hydrogens is 184 g/mol. The molecule has 0 heterocycles. The number of hydrogen-bond acceptors (Lipinski definition) is 2. The Kier molecular flexibility index (Phi) is 3.88. The van der Waals surface area contributed by atoms with E-state index < -0.39 is 0 Å². The maximum absolute atomic E-state index is 8.91. The molecule has 0 aliphatic carbocycles. The SMILES string of the molecule is Cc1cc(C#N)cc(C(C)CCN)c1C. The highest BCUT2D eigenvalue weighted by Crippen LogP contribution is 2.25. The Morgan fingerprint density at radius 3 is 2.60 bits per heavy atom. The van der Waals surface area contributed by atoms with E-state index in [1.165, 1.54) is 16.7 Å². The molecule has 0 amide bonds. The summed E-state index contributed by atoms with van der Waals surface area (Å²) >= 11 is 0. The molecule has 0 radical (unpaired) electrons. The Morgan fingerprint density at radius 2 is 2.07 bits per heavy atom. The van der Waals surface area contributed by atoms with Gasteiger partial charge in [0.2, 0.25) is 0 Å². The Labute approximate surface area is 91.7 Å². The molecule has 2 N–H and O–H groups in total. The first-order valence-electron chi connectivity index (χ1n) is 5.31. The Balaban J connectivity index is 3.16. The molecule has 0 fully saturated rings. The quantitative estimate of drug-likeness (QED) is 0.819. The van der Waals surface area contributed by atoms with Gasteiger partial charge >= 0.3 is 0 Å². The molecule has 2 heteroatoms. The fourth-order valence-electron chi connectivity index (χ4n) is 1.87. The number of nitriles is 1. The van der Waals surface area contributed by atoms with Crippen LogP contribution < -0.4 is 5.73 Å². The maximum Gasteiger partial charge on any atom is 0.0991 e. The highest BCUT2D eigenvalue weighted by molar-refractivity contribution is 5.44. The third-order valence-electron chi connectivity index (χ3n) is 2.97. The van der Waals surface area contributed by atoms with E-state index in [2.05, 4.69) is 26.8 Å². The minimum Gasteiger partial charge on any atom is -0.330 e. The molecule has 0 bridgehead atoms. The molecule has 2 nitrogen and oxygen atoms in total. The van der Waals surface area contributed by atoms with E-state index in [1.807, 2.05) is 12.1 Å². The van der Waals surface area contributed by atoms with Crippen LogP contribution >= 0.6 is 0 Å². The summed E-state index contributed by atoms with van der Waals surface area (Å²) in [6, 6.07) is 6.13. The average molecular weight is 202 g/mol. The van der Waals surface area contributed by atoms with Gasteiger partial charge in [0.05, 0.1) is 11.6 Å². The van der Waals surface area contributed by atoms with Gasteiger partial charge in [0.15, 0.2) is 0 Å². The van der Waals surface area contributed by atoms with Gasteiger partial charge in [-0.25, -0.2) is 0 Å². The summed E-state index contributed by atoms with van der Waals surface area (Å²) in [6.07, 6.45) is 0.967. The van der Waals surface area contributed by atoms with Gasteiger partial charge in [-0.05, 0) is 61.6 Å². The van der Waals surface area contributed by atoms with Crippen LogP contribution in [0.15, 0.2) is 12.1 Å². The lowest BCUT2D eigenvalue weighted by molar-refractivity contribution is 0.685. The van der Waals surface area contributed by atoms with Gasteiger partial charge in [-0.15, -0.1) is 0 Å². The molecule has 0 aromatic heterocycles. The summed E-state index contributed by atoms with van der Waals surface area (Å²) in [6.45, 7) is 7.01. The van der Waals surface area contributed by atoms with E-state index in [0.717, 1.165) is 12.0 Å². The molecule has 0 aliphatic heterocycles. The Bertz CT molecular complexity index is 388. The topological polar surface area (TPSA) is 49.8 Å². The van der Waals surface area contributed by atoms with Crippen molar-refractivity contribution >= 4 is 0 Å². The summed E-state index contributed by atoms with van der Waals surface area (Å²) in [4.78, 5) is 0. The van der Waals surface area contributed by atoms with Gasteiger partial charge in [0.1, 0.15) is 0 Å². The van der Waals surface area contributed by atoms with Crippen molar-refractivity contribution in [3.63, 3.8) is 0 Å². The zero-order chi connectivity index (χ0) is 11.4. The van der Waals surface area contributed by atoms with Crippen molar-refractivity contribution in [1.82, 2.24) is 0 Å². The van der Waals surface area contributed by atoms with E-state index in [-0.39, 0.29) is 0 Å². The van der Waals surface area contributed by atoms with Crippen molar-refractivity contribution in [3.8, 4) is 6.07 Å². The van der Waals surface area contributed by atoms with Gasteiger partial charge in [-0.1, -0.05) is 6.92 Å². The van der Waals surface area contributed by atoms with Crippen LogP contribution in [0.1, 0.15) is 41.5 Å². The van der Waals surface area contributed by atoms with Gasteiger partial charge in [-0.3, -0.25) is 0 Å². The highest BCUT2D eigenvalue weighted by Gasteiger charge is 2.10. The van der Waals surface area contributed by atoms with Crippen LogP contribution in [-0.2, 0) is 0 Å². The largest absolute Gasteiger partial charge is 0.330 e. The molecule has 1 rings (SSSR count). The Morgan fingerprint density at radius 1 is 1.40 bits per heavy atom. The summed E-state index contributed by atoms with van der Waals surface area (Å²) in [7, 11) is 0. The van der Waals surface area contributed by atoms with E-state index >= 15 is 0 Å². The molecule has 1 unspecified atom stereocenters. The molecule has 0 aliphatic rings. The van der Waals surface area contributed by atoms with Crippen molar-refractivity contribution in [1.29, 1.82) is 5.26 Å².